The molecule has 1 rings (SSSR count). The van der Waals surface area contributed by atoms with Crippen LogP contribution in [0.3, 0.4) is 0 Å². The van der Waals surface area contributed by atoms with Crippen LogP contribution in [-0.2, 0) is 35.8 Å². The van der Waals surface area contributed by atoms with Crippen LogP contribution in [-0.4, -0.2) is 66.8 Å². The minimum absolute atomic E-state index is 0.00597. The second-order valence-corrected chi connectivity index (χ2v) is 10.3. The summed E-state index contributed by atoms with van der Waals surface area (Å²) in [5.74, 6) is -3.18. The van der Waals surface area contributed by atoms with E-state index in [0.29, 0.717) is 11.3 Å². The second kappa shape index (κ2) is 14.7. The van der Waals surface area contributed by atoms with Gasteiger partial charge in [0.25, 0.3) is 10.1 Å². The molecule has 0 unspecified atom stereocenters. The van der Waals surface area contributed by atoms with Gasteiger partial charge < -0.3 is 10.6 Å². The number of likely N-dealkylation sites (N-methyl/N-ethyl adjacent to an activating group) is 1. The van der Waals surface area contributed by atoms with Crippen molar-refractivity contribution in [3.63, 3.8) is 0 Å². The fourth-order valence-electron chi connectivity index (χ4n) is 2.96. The van der Waals surface area contributed by atoms with Gasteiger partial charge in [-0.1, -0.05) is 20.8 Å². The Labute approximate surface area is 212 Å². The fourth-order valence-corrected chi connectivity index (χ4v) is 3.79. The summed E-state index contributed by atoms with van der Waals surface area (Å²) < 4.78 is 36.5. The molecule has 0 aliphatic rings. The molecule has 0 aliphatic heterocycles. The molecule has 14 heteroatoms. The van der Waals surface area contributed by atoms with Crippen LogP contribution in [0.2, 0.25) is 0 Å². The van der Waals surface area contributed by atoms with Crippen LogP contribution in [0.4, 0.5) is 10.5 Å². The first-order valence-electron chi connectivity index (χ1n) is 11.0. The van der Waals surface area contributed by atoms with Crippen molar-refractivity contribution in [2.24, 2.45) is 5.92 Å². The predicted molar refractivity (Wildman–Crippen MR) is 135 cm³/mol. The molecule has 0 spiro atoms. The molecule has 0 aromatic heterocycles. The van der Waals surface area contributed by atoms with Crippen LogP contribution in [0.1, 0.15) is 33.3 Å². The third-order valence-electron chi connectivity index (χ3n) is 4.83. The topological polar surface area (TPSA) is 180 Å². The number of hydrogen-bond acceptors (Lipinski definition) is 8. The maximum absolute atomic E-state index is 12.8. The number of carbonyl (C=O) groups is 4. The van der Waals surface area contributed by atoms with Crippen molar-refractivity contribution in [2.75, 3.05) is 17.6 Å². The number of carbonyl (C=O) groups excluding carboxylic acids is 4. The summed E-state index contributed by atoms with van der Waals surface area (Å²) in [5.41, 5.74) is 0.565. The summed E-state index contributed by atoms with van der Waals surface area (Å²) in [6, 6.07) is 3.20. The van der Waals surface area contributed by atoms with Crippen molar-refractivity contribution in [3.05, 3.63) is 29.8 Å². The molecular formula is C22H32N4O8PS+. The van der Waals surface area contributed by atoms with Crippen molar-refractivity contribution in [1.29, 1.82) is 0 Å². The van der Waals surface area contributed by atoms with Gasteiger partial charge in [-0.2, -0.15) is 8.42 Å². The molecule has 0 saturated carbocycles. The van der Waals surface area contributed by atoms with Gasteiger partial charge in [-0.15, -0.1) is 0 Å². The molecule has 0 saturated heterocycles. The van der Waals surface area contributed by atoms with Gasteiger partial charge in [-0.3, -0.25) is 14.1 Å². The molecule has 1 aromatic rings. The van der Waals surface area contributed by atoms with Gasteiger partial charge in [-0.25, -0.2) is 0 Å². The number of ether oxygens (including phenoxy) is 1. The minimum atomic E-state index is -4.44. The second-order valence-electron chi connectivity index (χ2n) is 8.19. The summed E-state index contributed by atoms with van der Waals surface area (Å²) in [4.78, 5) is 49.0. The van der Waals surface area contributed by atoms with Gasteiger partial charge in [0, 0.05) is 0 Å². The van der Waals surface area contributed by atoms with E-state index in [9.17, 15) is 27.6 Å². The van der Waals surface area contributed by atoms with E-state index in [1.807, 2.05) is 0 Å². The van der Waals surface area contributed by atoms with Crippen LogP contribution < -0.4 is 21.3 Å². The summed E-state index contributed by atoms with van der Waals surface area (Å²) in [6.07, 6.45) is 5.15. The molecule has 5 N–H and O–H groups in total. The zero-order valence-electron chi connectivity index (χ0n) is 20.5. The average molecular weight is 544 g/mol. The molecule has 3 amide bonds. The third-order valence-corrected chi connectivity index (χ3v) is 5.93. The monoisotopic (exact) mass is 543 g/mol. The van der Waals surface area contributed by atoms with E-state index in [-0.39, 0.29) is 21.2 Å². The average Bonchev–Trinajstić information content (AvgIpc) is 2.80. The van der Waals surface area contributed by atoms with E-state index >= 15 is 0 Å². The Bertz CT molecular complexity index is 1090. The Balaban J connectivity index is 2.76. The molecule has 0 heterocycles. The van der Waals surface area contributed by atoms with Crippen LogP contribution >= 0.6 is 8.04 Å². The molecule has 3 atom stereocenters. The van der Waals surface area contributed by atoms with Crippen LogP contribution in [0.5, 0.6) is 0 Å². The van der Waals surface area contributed by atoms with Gasteiger partial charge in [-0.05, 0) is 12.5 Å². The normalized spacial score (nSPS) is 13.7. The van der Waals surface area contributed by atoms with Gasteiger partial charge >= 0.3 is 112 Å². The van der Waals surface area contributed by atoms with E-state index in [1.165, 1.54) is 6.92 Å². The Kier molecular flexibility index (Phi) is 12.7. The van der Waals surface area contributed by atoms with Gasteiger partial charge in [0.05, 0.1) is 5.75 Å². The summed E-state index contributed by atoms with van der Waals surface area (Å²) in [7, 11) is -4.44. The van der Waals surface area contributed by atoms with Gasteiger partial charge in [0.1, 0.15) is 12.1 Å². The number of hydrogen-bond donors (Lipinski definition) is 5. The van der Waals surface area contributed by atoms with E-state index in [0.717, 1.165) is 0 Å². The Morgan fingerprint density at radius 2 is 1.64 bits per heavy atom. The molecule has 198 valence electrons. The molecule has 0 radical (unpaired) electrons. The standard InChI is InChI=1S/C22H31N4O8PS/c1-6-23-17(12-36(31,32)33)20(28)26-18(13(2)3)21(29)24-14(4)19(27)25-16-9-7-15(8-10-16)11-34-22(30)35-5/h5,7-10,13-14,17-18,23H,6,11-12H2,1-4H3,(H3-,24,25,26,27,28,29,31,32,33)/p+1/t14-,17-,18-/m0/s1. The third kappa shape index (κ3) is 11.3. The quantitative estimate of drug-likeness (QED) is 0.181. The number of anilines is 1. The van der Waals surface area contributed by atoms with Crippen molar-refractivity contribution in [1.82, 2.24) is 16.0 Å². The maximum atomic E-state index is 12.8. The van der Waals surface area contributed by atoms with E-state index < -0.39 is 63.3 Å². The van der Waals surface area contributed by atoms with Gasteiger partial charge in [0.15, 0.2) is 0 Å². The van der Waals surface area contributed by atoms with Crippen molar-refractivity contribution in [3.8, 4) is 6.13 Å². The van der Waals surface area contributed by atoms with Gasteiger partial charge in [0.2, 0.25) is 5.91 Å². The molecule has 1 aromatic carbocycles. The zero-order chi connectivity index (χ0) is 27.5. The molecule has 0 aliphatic carbocycles. The Hall–Kier alpha value is -2.82. The number of benzene rings is 1. The molecule has 0 fully saturated rings. The van der Waals surface area contributed by atoms with E-state index in [2.05, 4.69) is 21.3 Å². The first kappa shape index (κ1) is 31.2. The zero-order valence-corrected chi connectivity index (χ0v) is 22.2. The van der Waals surface area contributed by atoms with Crippen LogP contribution in [0.15, 0.2) is 24.3 Å². The summed E-state index contributed by atoms with van der Waals surface area (Å²) in [6.45, 7) is 6.75. The fraction of sp³-hybridized carbons (Fsp3) is 0.500. The first-order valence-corrected chi connectivity index (χ1v) is 13.6. The number of nitrogens with one attached hydrogen (secondary N) is 4. The van der Waals surface area contributed by atoms with Crippen molar-refractivity contribution >= 4 is 47.3 Å². The molecule has 0 bridgehead atoms. The summed E-state index contributed by atoms with van der Waals surface area (Å²) >= 11 is 0. The Morgan fingerprint density at radius 3 is 2.14 bits per heavy atom. The number of amides is 3. The van der Waals surface area contributed by atoms with Crippen LogP contribution in [0, 0.1) is 12.0 Å². The molecule has 12 nitrogen and oxygen atoms in total. The van der Waals surface area contributed by atoms with Crippen molar-refractivity contribution < 1.29 is 36.9 Å². The molecule has 36 heavy (non-hydrogen) atoms. The predicted octanol–water partition coefficient (Wildman–Crippen LogP) is 1.31. The van der Waals surface area contributed by atoms with Crippen LogP contribution in [0.25, 0.3) is 0 Å². The first-order chi connectivity index (χ1) is 16.8. The Morgan fingerprint density at radius 1 is 1.03 bits per heavy atom. The van der Waals surface area contributed by atoms with Crippen molar-refractivity contribution in [2.45, 2.75) is 52.4 Å². The number of rotatable bonds is 13. The van der Waals surface area contributed by atoms with E-state index in [1.54, 1.807) is 45.0 Å². The van der Waals surface area contributed by atoms with E-state index in [4.69, 9.17) is 15.4 Å². The SMILES string of the molecule is C#[P+]C(=O)OCc1ccc(NC(=O)[C@H](C)NC(=O)[C@@H](NC(=O)[C@H](CS(=O)(=O)O)NCC)C(C)C)cc1. The summed E-state index contributed by atoms with van der Waals surface area (Å²) in [5, 5.41) is 10.3. The molecular weight excluding hydrogens is 511 g/mol.